The number of piperidine rings is 1. The van der Waals surface area contributed by atoms with Crippen molar-refractivity contribution >= 4 is 38.2 Å². The second-order valence-corrected chi connectivity index (χ2v) is 14.8. The van der Waals surface area contributed by atoms with Gasteiger partial charge in [0.15, 0.2) is 0 Å². The van der Waals surface area contributed by atoms with Crippen molar-refractivity contribution in [2.24, 2.45) is 0 Å². The monoisotopic (exact) mass is 624 g/mol. The first kappa shape index (κ1) is 32.1. The molecule has 3 aromatic rings. The van der Waals surface area contributed by atoms with Crippen LogP contribution in [0, 0.1) is 0 Å². The van der Waals surface area contributed by atoms with Gasteiger partial charge in [0.1, 0.15) is 10.6 Å². The molecule has 0 bridgehead atoms. The maximum Gasteiger partial charge on any atom is 0.210 e. The summed E-state index contributed by atoms with van der Waals surface area (Å²) >= 11 is 1.66. The minimum Gasteiger partial charge on any atom is -0.494 e. The molecule has 7 nitrogen and oxygen atoms in total. The molecule has 2 fully saturated rings. The predicted molar refractivity (Wildman–Crippen MR) is 179 cm³/mol. The molecule has 2 saturated heterocycles. The maximum atomic E-state index is 14.2. The lowest BCUT2D eigenvalue weighted by Crippen LogP contribution is -2.46. The quantitative estimate of drug-likeness (QED) is 0.162. The van der Waals surface area contributed by atoms with Gasteiger partial charge < -0.3 is 14.5 Å². The number of hydrogen-bond acceptors (Lipinski definition) is 8. The molecule has 2 aliphatic rings. The van der Waals surface area contributed by atoms with Gasteiger partial charge in [-0.15, -0.1) is 11.8 Å². The summed E-state index contributed by atoms with van der Waals surface area (Å²) in [5.74, 6) is 0.706. The van der Waals surface area contributed by atoms with E-state index >= 15 is 0 Å². The fraction of sp³-hybridized carbons (Fsp3) is 0.559. The molecule has 1 aromatic heterocycles. The first-order valence-corrected chi connectivity index (χ1v) is 18.7. The molecule has 0 radical (unpaired) electrons. The number of hydrogen-bond donors (Lipinski definition) is 0. The third kappa shape index (κ3) is 7.85. The normalized spacial score (nSPS) is 17.8. The Balaban J connectivity index is 1.39. The lowest BCUT2D eigenvalue weighted by atomic mass is 10.0. The van der Waals surface area contributed by atoms with Crippen molar-refractivity contribution in [2.75, 3.05) is 64.1 Å². The molecular weight excluding hydrogens is 577 g/mol. The van der Waals surface area contributed by atoms with Crippen LogP contribution < -0.4 is 9.64 Å². The van der Waals surface area contributed by atoms with Crippen molar-refractivity contribution in [3.05, 3.63) is 48.7 Å². The smallest absolute Gasteiger partial charge is 0.210 e. The van der Waals surface area contributed by atoms with Crippen LogP contribution >= 0.6 is 11.8 Å². The van der Waals surface area contributed by atoms with Gasteiger partial charge in [-0.1, -0.05) is 32.6 Å². The zero-order chi connectivity index (χ0) is 30.2. The van der Waals surface area contributed by atoms with Gasteiger partial charge in [0, 0.05) is 48.7 Å². The highest BCUT2D eigenvalue weighted by Crippen LogP contribution is 2.39. The summed E-state index contributed by atoms with van der Waals surface area (Å²) in [6, 6.07) is 13.6. The zero-order valence-electron chi connectivity index (χ0n) is 26.1. The molecule has 2 aliphatic heterocycles. The summed E-state index contributed by atoms with van der Waals surface area (Å²) in [4.78, 5) is 13.7. The number of nitrogens with zero attached hydrogens (tertiary/aromatic N) is 4. The molecule has 0 atom stereocenters. The van der Waals surface area contributed by atoms with Crippen molar-refractivity contribution in [1.82, 2.24) is 14.8 Å². The molecule has 0 spiro atoms. The van der Waals surface area contributed by atoms with Crippen LogP contribution in [0.1, 0.15) is 58.3 Å². The van der Waals surface area contributed by atoms with E-state index in [0.29, 0.717) is 18.4 Å². The van der Waals surface area contributed by atoms with Crippen LogP contribution in [-0.2, 0) is 9.84 Å². The van der Waals surface area contributed by atoms with Gasteiger partial charge in [0.2, 0.25) is 9.84 Å². The molecule has 5 rings (SSSR count). The number of fused-ring (bicyclic) bond motifs is 1. The fourth-order valence-corrected chi connectivity index (χ4v) is 8.29. The Morgan fingerprint density at radius 1 is 0.930 bits per heavy atom. The minimum absolute atomic E-state index is 0.273. The van der Waals surface area contributed by atoms with E-state index in [-0.39, 0.29) is 9.79 Å². The lowest BCUT2D eigenvalue weighted by Gasteiger charge is -2.40. The van der Waals surface area contributed by atoms with Crippen LogP contribution in [0.15, 0.2) is 63.3 Å². The number of likely N-dealkylation sites (N-methyl/N-ethyl adjacent to an activating group) is 1. The van der Waals surface area contributed by atoms with Gasteiger partial charge >= 0.3 is 0 Å². The van der Waals surface area contributed by atoms with Crippen LogP contribution in [-0.4, -0.2) is 88.4 Å². The molecule has 0 unspecified atom stereocenters. The molecule has 43 heavy (non-hydrogen) atoms. The highest BCUT2D eigenvalue weighted by atomic mass is 32.2. The van der Waals surface area contributed by atoms with E-state index in [1.54, 1.807) is 42.2 Å². The van der Waals surface area contributed by atoms with Gasteiger partial charge in [-0.25, -0.2) is 8.42 Å². The van der Waals surface area contributed by atoms with Crippen LogP contribution in [0.2, 0.25) is 0 Å². The van der Waals surface area contributed by atoms with E-state index in [0.717, 1.165) is 86.4 Å². The van der Waals surface area contributed by atoms with Crippen LogP contribution in [0.3, 0.4) is 0 Å². The summed E-state index contributed by atoms with van der Waals surface area (Å²) in [5, 5.41) is 0.908. The van der Waals surface area contributed by atoms with Gasteiger partial charge in [0.25, 0.3) is 0 Å². The Morgan fingerprint density at radius 3 is 2.44 bits per heavy atom. The lowest BCUT2D eigenvalue weighted by molar-refractivity contribution is 0.174. The number of anilines is 1. The summed E-state index contributed by atoms with van der Waals surface area (Å²) in [6.45, 7) is 9.03. The minimum atomic E-state index is -3.81. The van der Waals surface area contributed by atoms with Crippen molar-refractivity contribution in [3.63, 3.8) is 0 Å². The number of thioether (sulfide) groups is 1. The predicted octanol–water partition coefficient (Wildman–Crippen LogP) is 6.75. The Morgan fingerprint density at radius 2 is 1.70 bits per heavy atom. The largest absolute Gasteiger partial charge is 0.494 e. The molecular formula is C34H48N4O3S2. The number of ether oxygens (including phenoxy) is 1. The van der Waals surface area contributed by atoms with E-state index in [1.807, 2.05) is 12.3 Å². The standard InChI is InChI=1S/C34H48N4O3S2/c1-4-5-6-7-8-24-41-28-10-13-30(14-11-28)43(39,40)33-26-35-32-15-12-29(42-3)25-31(32)34(33)38-20-16-27(17-21-38)37-19-9-18-36(2)22-23-37/h10-15,25-27H,4-9,16-24H2,1-3H3. The second-order valence-electron chi connectivity index (χ2n) is 12.0. The van der Waals surface area contributed by atoms with E-state index in [9.17, 15) is 8.42 Å². The second kappa shape index (κ2) is 15.1. The number of unbranched alkanes of at least 4 members (excludes halogenated alkanes) is 4. The van der Waals surface area contributed by atoms with E-state index in [4.69, 9.17) is 4.74 Å². The highest BCUT2D eigenvalue weighted by molar-refractivity contribution is 7.98. The third-order valence-corrected chi connectivity index (χ3v) is 11.5. The maximum absolute atomic E-state index is 14.2. The van der Waals surface area contributed by atoms with Crippen LogP contribution in [0.4, 0.5) is 5.69 Å². The number of benzene rings is 2. The zero-order valence-corrected chi connectivity index (χ0v) is 27.8. The Hall–Kier alpha value is -2.33. The summed E-state index contributed by atoms with van der Waals surface area (Å²) in [6.07, 6.45) is 12.7. The first-order chi connectivity index (χ1) is 20.9. The first-order valence-electron chi connectivity index (χ1n) is 16.0. The van der Waals surface area contributed by atoms with Crippen molar-refractivity contribution < 1.29 is 13.2 Å². The summed E-state index contributed by atoms with van der Waals surface area (Å²) in [7, 11) is -1.60. The highest BCUT2D eigenvalue weighted by Gasteiger charge is 2.31. The van der Waals surface area contributed by atoms with Gasteiger partial charge in [-0.3, -0.25) is 9.88 Å². The Labute approximate surface area is 262 Å². The molecule has 234 valence electrons. The van der Waals surface area contributed by atoms with Crippen molar-refractivity contribution in [2.45, 2.75) is 79.0 Å². The Kier molecular flexibility index (Phi) is 11.3. The van der Waals surface area contributed by atoms with Crippen molar-refractivity contribution in [1.29, 1.82) is 0 Å². The fourth-order valence-electron chi connectivity index (χ4n) is 6.41. The summed E-state index contributed by atoms with van der Waals surface area (Å²) in [5.41, 5.74) is 1.62. The van der Waals surface area contributed by atoms with E-state index < -0.39 is 9.84 Å². The van der Waals surface area contributed by atoms with Crippen molar-refractivity contribution in [3.8, 4) is 5.75 Å². The average Bonchev–Trinajstić information content (AvgIpc) is 3.26. The molecule has 0 amide bonds. The Bertz CT molecular complexity index is 1440. The molecule has 0 saturated carbocycles. The van der Waals surface area contributed by atoms with Gasteiger partial charge in [0.05, 0.1) is 22.7 Å². The average molecular weight is 625 g/mol. The number of sulfone groups is 1. The molecule has 0 N–H and O–H groups in total. The van der Waals surface area contributed by atoms with E-state index in [1.165, 1.54) is 25.7 Å². The van der Waals surface area contributed by atoms with E-state index in [2.05, 4.69) is 45.8 Å². The molecule has 3 heterocycles. The number of pyridine rings is 1. The van der Waals surface area contributed by atoms with Gasteiger partial charge in [-0.2, -0.15) is 0 Å². The van der Waals surface area contributed by atoms with Gasteiger partial charge in [-0.05, 0) is 94.5 Å². The van der Waals surface area contributed by atoms with Crippen LogP contribution in [0.25, 0.3) is 10.9 Å². The topological polar surface area (TPSA) is 66.0 Å². The number of rotatable bonds is 12. The summed E-state index contributed by atoms with van der Waals surface area (Å²) < 4.78 is 34.4. The third-order valence-electron chi connectivity index (χ3n) is 9.00. The molecule has 0 aliphatic carbocycles. The molecule has 2 aromatic carbocycles. The molecule has 9 heteroatoms. The van der Waals surface area contributed by atoms with Crippen LogP contribution in [0.5, 0.6) is 5.75 Å². The number of aromatic nitrogens is 1. The SMILES string of the molecule is CCCCCCCOc1ccc(S(=O)(=O)c2cnc3ccc(SC)cc3c2N2CCC(N3CCCN(C)CC3)CC2)cc1.